The van der Waals surface area contributed by atoms with Gasteiger partial charge in [0.1, 0.15) is 5.82 Å². The first-order valence-corrected chi connectivity index (χ1v) is 7.52. The summed E-state index contributed by atoms with van der Waals surface area (Å²) >= 11 is 0. The van der Waals surface area contributed by atoms with E-state index in [0.29, 0.717) is 11.8 Å². The van der Waals surface area contributed by atoms with Crippen LogP contribution in [0.4, 0.5) is 10.1 Å². The van der Waals surface area contributed by atoms with Gasteiger partial charge in [0.25, 0.3) is 0 Å². The Balaban J connectivity index is 1.82. The van der Waals surface area contributed by atoms with Gasteiger partial charge in [-0.15, -0.1) is 0 Å². The summed E-state index contributed by atoms with van der Waals surface area (Å²) in [4.78, 5) is 0. The molecule has 1 heterocycles. The highest BCUT2D eigenvalue weighted by Gasteiger charge is 2.38. The number of aryl methyl sites for hydroxylation is 1. The van der Waals surface area contributed by atoms with Crippen molar-refractivity contribution in [2.45, 2.75) is 25.3 Å². The van der Waals surface area contributed by atoms with E-state index in [1.165, 1.54) is 11.1 Å². The maximum atomic E-state index is 14.2. The van der Waals surface area contributed by atoms with Gasteiger partial charge in [-0.2, -0.15) is 0 Å². The minimum absolute atomic E-state index is 0.0430. The van der Waals surface area contributed by atoms with Crippen molar-refractivity contribution in [3.63, 3.8) is 0 Å². The molecular weight excluding hydrogens is 261 g/mol. The largest absolute Gasteiger partial charge is 0.378 e. The van der Waals surface area contributed by atoms with Gasteiger partial charge < -0.3 is 5.32 Å². The van der Waals surface area contributed by atoms with Gasteiger partial charge in [-0.1, -0.05) is 48.0 Å². The maximum absolute atomic E-state index is 14.2. The summed E-state index contributed by atoms with van der Waals surface area (Å²) in [5.41, 5.74) is 4.55. The van der Waals surface area contributed by atoms with Crippen LogP contribution in [-0.4, -0.2) is 0 Å². The van der Waals surface area contributed by atoms with Crippen LogP contribution in [0.15, 0.2) is 54.6 Å². The van der Waals surface area contributed by atoms with Crippen LogP contribution < -0.4 is 5.32 Å². The highest BCUT2D eigenvalue weighted by Crippen LogP contribution is 2.50. The van der Waals surface area contributed by atoms with Crippen molar-refractivity contribution in [1.82, 2.24) is 0 Å². The molecule has 2 aliphatic rings. The van der Waals surface area contributed by atoms with Gasteiger partial charge in [-0.25, -0.2) is 4.39 Å². The first-order chi connectivity index (χ1) is 10.2. The number of hydrogen-bond acceptors (Lipinski definition) is 1. The average Bonchev–Trinajstić information content (AvgIpc) is 2.97. The number of nitrogens with one attached hydrogen (secondary N) is 1. The third-order valence-corrected chi connectivity index (χ3v) is 4.76. The van der Waals surface area contributed by atoms with Crippen LogP contribution in [0.3, 0.4) is 0 Å². The molecular formula is C19H18FN. The van der Waals surface area contributed by atoms with E-state index >= 15 is 0 Å². The van der Waals surface area contributed by atoms with Gasteiger partial charge >= 0.3 is 0 Å². The van der Waals surface area contributed by atoms with Crippen molar-refractivity contribution in [3.05, 3.63) is 77.1 Å². The molecule has 0 saturated heterocycles. The van der Waals surface area contributed by atoms with E-state index in [1.807, 2.05) is 12.1 Å². The van der Waals surface area contributed by atoms with Crippen molar-refractivity contribution >= 4 is 5.69 Å². The summed E-state index contributed by atoms with van der Waals surface area (Å²) in [6.07, 6.45) is 5.53. The van der Waals surface area contributed by atoms with Crippen LogP contribution in [0.5, 0.6) is 0 Å². The number of benzene rings is 2. The monoisotopic (exact) mass is 279 g/mol. The van der Waals surface area contributed by atoms with Gasteiger partial charge in [0.2, 0.25) is 0 Å². The zero-order valence-corrected chi connectivity index (χ0v) is 12.0. The number of anilines is 1. The lowest BCUT2D eigenvalue weighted by molar-refractivity contribution is 0.413. The standard InChI is InChI=1S/C19H18FN/c1-12-9-10-18-16(11-12)13-6-4-7-14(13)19(21-18)15-5-2-3-8-17(15)20/h2-6,8-11,13-14,19,21H,7H2,1H3/t13-,14+,19+/m1/s1. The normalized spacial score (nSPS) is 26.1. The van der Waals surface area contributed by atoms with E-state index in [-0.39, 0.29) is 11.9 Å². The molecule has 106 valence electrons. The van der Waals surface area contributed by atoms with Crippen molar-refractivity contribution in [1.29, 1.82) is 0 Å². The smallest absolute Gasteiger partial charge is 0.128 e. The van der Waals surface area contributed by atoms with Crippen LogP contribution in [0.1, 0.15) is 35.1 Å². The lowest BCUT2D eigenvalue weighted by Crippen LogP contribution is -2.29. The molecule has 21 heavy (non-hydrogen) atoms. The third-order valence-electron chi connectivity index (χ3n) is 4.76. The Morgan fingerprint density at radius 1 is 1.10 bits per heavy atom. The SMILES string of the molecule is Cc1ccc2c(c1)[C@@H]1C=CC[C@@H]1[C@@H](c1ccccc1F)N2. The average molecular weight is 279 g/mol. The Morgan fingerprint density at radius 2 is 1.95 bits per heavy atom. The quantitative estimate of drug-likeness (QED) is 0.727. The van der Waals surface area contributed by atoms with Crippen molar-refractivity contribution in [2.24, 2.45) is 5.92 Å². The van der Waals surface area contributed by atoms with Crippen molar-refractivity contribution < 1.29 is 4.39 Å². The number of halogens is 1. The Hall–Kier alpha value is -2.09. The zero-order valence-electron chi connectivity index (χ0n) is 12.0. The topological polar surface area (TPSA) is 12.0 Å². The molecule has 1 aliphatic carbocycles. The number of allylic oxidation sites excluding steroid dienone is 2. The minimum Gasteiger partial charge on any atom is -0.378 e. The Morgan fingerprint density at radius 3 is 2.81 bits per heavy atom. The summed E-state index contributed by atoms with van der Waals surface area (Å²) in [5, 5.41) is 3.57. The second-order valence-electron chi connectivity index (χ2n) is 6.09. The maximum Gasteiger partial charge on any atom is 0.128 e. The molecule has 1 N–H and O–H groups in total. The van der Waals surface area contributed by atoms with E-state index in [9.17, 15) is 4.39 Å². The number of hydrogen-bond donors (Lipinski definition) is 1. The predicted molar refractivity (Wildman–Crippen MR) is 83.9 cm³/mol. The molecule has 0 unspecified atom stereocenters. The van der Waals surface area contributed by atoms with Crippen LogP contribution >= 0.6 is 0 Å². The van der Waals surface area contributed by atoms with E-state index in [1.54, 1.807) is 12.1 Å². The van der Waals surface area contributed by atoms with E-state index in [0.717, 1.165) is 17.7 Å². The summed E-state index contributed by atoms with van der Waals surface area (Å²) < 4.78 is 14.2. The molecule has 1 aliphatic heterocycles. The molecule has 0 radical (unpaired) electrons. The van der Waals surface area contributed by atoms with E-state index in [4.69, 9.17) is 0 Å². The molecule has 3 atom stereocenters. The van der Waals surface area contributed by atoms with E-state index < -0.39 is 0 Å². The van der Waals surface area contributed by atoms with Crippen molar-refractivity contribution in [2.75, 3.05) is 5.32 Å². The predicted octanol–water partition coefficient (Wildman–Crippen LogP) is 4.96. The highest BCUT2D eigenvalue weighted by atomic mass is 19.1. The van der Waals surface area contributed by atoms with E-state index in [2.05, 4.69) is 42.6 Å². The lowest BCUT2D eigenvalue weighted by Gasteiger charge is -2.37. The molecule has 0 aromatic heterocycles. The lowest BCUT2D eigenvalue weighted by atomic mass is 9.76. The third kappa shape index (κ3) is 1.98. The highest BCUT2D eigenvalue weighted by molar-refractivity contribution is 5.60. The Kier molecular flexibility index (Phi) is 2.85. The molecule has 2 aromatic rings. The van der Waals surface area contributed by atoms with Gasteiger partial charge in [0.05, 0.1) is 6.04 Å². The fourth-order valence-corrected chi connectivity index (χ4v) is 3.75. The van der Waals surface area contributed by atoms with Gasteiger partial charge in [-0.05, 0) is 37.0 Å². The molecule has 1 nitrogen and oxygen atoms in total. The molecule has 0 amide bonds. The van der Waals surface area contributed by atoms with Crippen LogP contribution in [0.25, 0.3) is 0 Å². The molecule has 0 saturated carbocycles. The fraction of sp³-hybridized carbons (Fsp3) is 0.263. The number of fused-ring (bicyclic) bond motifs is 3. The Bertz CT molecular complexity index is 719. The van der Waals surface area contributed by atoms with Crippen LogP contribution in [0.2, 0.25) is 0 Å². The molecule has 0 bridgehead atoms. The first-order valence-electron chi connectivity index (χ1n) is 7.52. The summed E-state index contributed by atoms with van der Waals surface area (Å²) in [6, 6.07) is 13.7. The second-order valence-corrected chi connectivity index (χ2v) is 6.09. The van der Waals surface area contributed by atoms with Gasteiger partial charge in [-0.3, -0.25) is 0 Å². The molecule has 4 rings (SSSR count). The van der Waals surface area contributed by atoms with Gasteiger partial charge in [0.15, 0.2) is 0 Å². The van der Waals surface area contributed by atoms with Crippen LogP contribution in [0, 0.1) is 18.7 Å². The summed E-state index contributed by atoms with van der Waals surface area (Å²) in [7, 11) is 0. The first kappa shape index (κ1) is 12.6. The van der Waals surface area contributed by atoms with Gasteiger partial charge in [0, 0.05) is 17.2 Å². The Labute approximate surface area is 124 Å². The summed E-state index contributed by atoms with van der Waals surface area (Å²) in [5.74, 6) is 0.679. The van der Waals surface area contributed by atoms with Crippen LogP contribution in [-0.2, 0) is 0 Å². The fourth-order valence-electron chi connectivity index (χ4n) is 3.75. The minimum atomic E-state index is -0.115. The second kappa shape index (κ2) is 4.73. The molecule has 2 heteroatoms. The summed E-state index contributed by atoms with van der Waals surface area (Å²) in [6.45, 7) is 2.12. The molecule has 0 fully saturated rings. The molecule has 0 spiro atoms. The number of rotatable bonds is 1. The van der Waals surface area contributed by atoms with Crippen molar-refractivity contribution in [3.8, 4) is 0 Å². The zero-order chi connectivity index (χ0) is 14.4. The molecule has 2 aromatic carbocycles.